The number of carbonyl (C=O) groups excluding carboxylic acids is 3. The van der Waals surface area contributed by atoms with Crippen molar-refractivity contribution in [3.63, 3.8) is 0 Å². The summed E-state index contributed by atoms with van der Waals surface area (Å²) in [6, 6.07) is 23.5. The van der Waals surface area contributed by atoms with Gasteiger partial charge in [-0.05, 0) is 78.1 Å². The summed E-state index contributed by atoms with van der Waals surface area (Å²) >= 11 is 6.38. The number of halogens is 1. The van der Waals surface area contributed by atoms with E-state index >= 15 is 0 Å². The van der Waals surface area contributed by atoms with Crippen LogP contribution in [0.4, 0.5) is 10.6 Å². The van der Waals surface area contributed by atoms with Crippen LogP contribution in [0.5, 0.6) is 0 Å². The van der Waals surface area contributed by atoms with Gasteiger partial charge in [0.05, 0.1) is 29.9 Å². The van der Waals surface area contributed by atoms with Crippen LogP contribution in [0.25, 0.3) is 0 Å². The fourth-order valence-electron chi connectivity index (χ4n) is 6.59. The minimum Gasteiger partial charge on any atom is -0.445 e. The number of aliphatic hydroxyl groups is 1. The Bertz CT molecular complexity index is 1950. The number of benzene rings is 2. The Morgan fingerprint density at radius 1 is 1.04 bits per heavy atom. The molecule has 1 aliphatic heterocycles. The maximum absolute atomic E-state index is 14.1. The van der Waals surface area contributed by atoms with Gasteiger partial charge in [-0.2, -0.15) is 0 Å². The van der Waals surface area contributed by atoms with E-state index in [9.17, 15) is 19.5 Å². The lowest BCUT2D eigenvalue weighted by atomic mass is 9.96. The maximum Gasteiger partial charge on any atom is 0.410 e. The summed E-state index contributed by atoms with van der Waals surface area (Å²) in [6.45, 7) is 5.82. The number of anilines is 1. The van der Waals surface area contributed by atoms with Gasteiger partial charge in [0, 0.05) is 25.2 Å². The summed E-state index contributed by atoms with van der Waals surface area (Å²) in [5.41, 5.74) is 4.00. The quantitative estimate of drug-likeness (QED) is 0.152. The van der Waals surface area contributed by atoms with Gasteiger partial charge in [0.1, 0.15) is 17.6 Å². The van der Waals surface area contributed by atoms with Gasteiger partial charge < -0.3 is 15.2 Å². The van der Waals surface area contributed by atoms with Crippen molar-refractivity contribution >= 4 is 35.3 Å². The van der Waals surface area contributed by atoms with Crippen LogP contribution in [0, 0.1) is 0 Å². The highest BCUT2D eigenvalue weighted by atomic mass is 35.5. The third kappa shape index (κ3) is 8.69. The smallest absolute Gasteiger partial charge is 0.410 e. The summed E-state index contributed by atoms with van der Waals surface area (Å²) in [5, 5.41) is 15.2. The Morgan fingerprint density at radius 2 is 1.81 bits per heavy atom. The lowest BCUT2D eigenvalue weighted by Crippen LogP contribution is -2.53. The highest BCUT2D eigenvalue weighted by Gasteiger charge is 2.54. The molecule has 2 atom stereocenters. The zero-order chi connectivity index (χ0) is 36.8. The molecule has 4 aromatic rings. The van der Waals surface area contributed by atoms with Crippen molar-refractivity contribution in [3.05, 3.63) is 136 Å². The van der Waals surface area contributed by atoms with Crippen LogP contribution < -0.4 is 10.2 Å². The van der Waals surface area contributed by atoms with Gasteiger partial charge in [-0.3, -0.25) is 24.4 Å². The second kappa shape index (κ2) is 16.1. The van der Waals surface area contributed by atoms with Crippen LogP contribution in [-0.4, -0.2) is 63.1 Å². The van der Waals surface area contributed by atoms with E-state index < -0.39 is 29.7 Å². The highest BCUT2D eigenvalue weighted by Crippen LogP contribution is 2.51. The topological polar surface area (TPSA) is 125 Å². The van der Waals surface area contributed by atoms with Crippen molar-refractivity contribution < 1.29 is 24.2 Å². The molecule has 1 aliphatic carbocycles. The Morgan fingerprint density at radius 3 is 2.54 bits per heavy atom. The Hall–Kier alpha value is -5.06. The summed E-state index contributed by atoms with van der Waals surface area (Å²) in [6.07, 6.45) is 6.00. The minimum atomic E-state index is -1.22. The number of ether oxygens (including phenoxy) is 1. The molecule has 2 aromatic heterocycles. The number of amides is 3. The van der Waals surface area contributed by atoms with Crippen LogP contribution >= 0.6 is 11.6 Å². The third-order valence-corrected chi connectivity index (χ3v) is 9.89. The van der Waals surface area contributed by atoms with Gasteiger partial charge in [-0.1, -0.05) is 92.2 Å². The first kappa shape index (κ1) is 36.7. The molecule has 2 aliphatic rings. The second-order valence-electron chi connectivity index (χ2n) is 13.8. The van der Waals surface area contributed by atoms with E-state index in [-0.39, 0.29) is 54.5 Å². The SMILES string of the molecule is CC(=O)N1C/C=C\Cc2cccc(c2)C[C@@H]([C@H](O)CN(C(=O)OCc2ccccc2)C2(c3cc(C(C)C)ccn3)CC2)NC(=O)c2cc(Cl)nc1c2. The molecule has 6 rings (SSSR count). The van der Waals surface area contributed by atoms with Gasteiger partial charge in [0.2, 0.25) is 5.91 Å². The standard InChI is InChI=1S/C41H44ClN5O5/c1-27(2)32-15-18-43-36(22-32)41(16-17-41)47(40(51)52-26-30-11-5-4-6-12-30)25-35(49)34-21-31-14-9-13-29(20-31)10-7-8-19-46(28(3)48)38-24-33(39(50)44-34)23-37(42)45-38/h4-9,11-15,18,20,22-24,27,34-35,49H,10,16-17,19,21,25-26H2,1-3H3,(H,44,50)/b8-7-/t34-,35+/m0/s1. The van der Waals surface area contributed by atoms with Gasteiger partial charge >= 0.3 is 6.09 Å². The number of hydrogen-bond donors (Lipinski definition) is 2. The average molecular weight is 722 g/mol. The van der Waals surface area contributed by atoms with Gasteiger partial charge in [0.25, 0.3) is 5.91 Å². The molecule has 4 bridgehead atoms. The molecule has 52 heavy (non-hydrogen) atoms. The lowest BCUT2D eigenvalue weighted by Gasteiger charge is -2.35. The molecule has 3 heterocycles. The van der Waals surface area contributed by atoms with E-state index in [0.717, 1.165) is 27.9 Å². The number of pyridine rings is 2. The number of rotatable bonds is 8. The highest BCUT2D eigenvalue weighted by molar-refractivity contribution is 6.30. The van der Waals surface area contributed by atoms with Crippen LogP contribution in [0.3, 0.4) is 0 Å². The maximum atomic E-state index is 14.1. The number of aromatic nitrogens is 2. The van der Waals surface area contributed by atoms with Crippen molar-refractivity contribution in [3.8, 4) is 0 Å². The molecule has 10 nitrogen and oxygen atoms in total. The Balaban J connectivity index is 1.35. The first-order chi connectivity index (χ1) is 25.0. The van der Waals surface area contributed by atoms with E-state index in [1.165, 1.54) is 24.0 Å². The molecule has 2 N–H and O–H groups in total. The predicted octanol–water partition coefficient (Wildman–Crippen LogP) is 6.75. The first-order valence-corrected chi connectivity index (χ1v) is 18.0. The van der Waals surface area contributed by atoms with Crippen molar-refractivity contribution in [1.82, 2.24) is 20.2 Å². The fourth-order valence-corrected chi connectivity index (χ4v) is 6.79. The zero-order valence-corrected chi connectivity index (χ0v) is 30.4. The van der Waals surface area contributed by atoms with E-state index in [1.54, 1.807) is 11.1 Å². The molecule has 0 radical (unpaired) electrons. The van der Waals surface area contributed by atoms with Crippen molar-refractivity contribution in [1.29, 1.82) is 0 Å². The lowest BCUT2D eigenvalue weighted by molar-refractivity contribution is -0.116. The van der Waals surface area contributed by atoms with E-state index in [2.05, 4.69) is 24.1 Å². The average Bonchev–Trinajstić information content (AvgIpc) is 3.94. The molecule has 0 spiro atoms. The molecule has 270 valence electrons. The normalized spacial score (nSPS) is 18.0. The molecule has 11 heteroatoms. The van der Waals surface area contributed by atoms with Crippen LogP contribution in [-0.2, 0) is 34.5 Å². The molecule has 1 fully saturated rings. The van der Waals surface area contributed by atoms with Gasteiger partial charge in [0.15, 0.2) is 0 Å². The van der Waals surface area contributed by atoms with Gasteiger partial charge in [-0.25, -0.2) is 9.78 Å². The van der Waals surface area contributed by atoms with E-state index in [0.29, 0.717) is 19.3 Å². The first-order valence-electron chi connectivity index (χ1n) is 17.6. The van der Waals surface area contributed by atoms with Gasteiger partial charge in [-0.15, -0.1) is 0 Å². The number of nitrogens with zero attached hydrogens (tertiary/aromatic N) is 4. The Labute approximate surface area is 309 Å². The van der Waals surface area contributed by atoms with Crippen LogP contribution in [0.15, 0.2) is 97.2 Å². The molecular formula is C41H44ClN5O5. The number of nitrogens with one attached hydrogen (secondary N) is 1. The van der Waals surface area contributed by atoms with Crippen LogP contribution in [0.2, 0.25) is 5.15 Å². The molecule has 0 saturated heterocycles. The largest absolute Gasteiger partial charge is 0.445 e. The molecule has 0 unspecified atom stereocenters. The molecule has 1 saturated carbocycles. The predicted molar refractivity (Wildman–Crippen MR) is 200 cm³/mol. The molecule has 3 amide bonds. The fraction of sp³-hybridized carbons (Fsp3) is 0.341. The summed E-state index contributed by atoms with van der Waals surface area (Å²) in [7, 11) is 0. The number of fused-ring (bicyclic) bond motifs is 4. The number of aliphatic hydroxyl groups excluding tert-OH is 1. The number of allylic oxidation sites excluding steroid dienone is 1. The second-order valence-corrected chi connectivity index (χ2v) is 14.2. The molecular weight excluding hydrogens is 678 g/mol. The third-order valence-electron chi connectivity index (χ3n) is 9.70. The summed E-state index contributed by atoms with van der Waals surface area (Å²) < 4.78 is 5.88. The zero-order valence-electron chi connectivity index (χ0n) is 29.7. The van der Waals surface area contributed by atoms with Crippen LogP contribution in [0.1, 0.15) is 77.8 Å². The van der Waals surface area contributed by atoms with Crippen molar-refractivity contribution in [2.45, 2.75) is 76.7 Å². The number of carbonyl (C=O) groups is 3. The van der Waals surface area contributed by atoms with E-state index in [1.807, 2.05) is 78.9 Å². The van der Waals surface area contributed by atoms with Crippen molar-refractivity contribution in [2.24, 2.45) is 0 Å². The van der Waals surface area contributed by atoms with E-state index in [4.69, 9.17) is 21.3 Å². The molecule has 2 aromatic carbocycles. The Kier molecular flexibility index (Phi) is 11.4. The summed E-state index contributed by atoms with van der Waals surface area (Å²) in [4.78, 5) is 52.7. The summed E-state index contributed by atoms with van der Waals surface area (Å²) in [5.74, 6) is -0.277. The monoisotopic (exact) mass is 721 g/mol. The number of hydrogen-bond acceptors (Lipinski definition) is 7. The van der Waals surface area contributed by atoms with Crippen molar-refractivity contribution in [2.75, 3.05) is 18.0 Å². The minimum absolute atomic E-state index is 0.0464.